The molecule has 5 nitrogen and oxygen atoms in total. The second kappa shape index (κ2) is 7.92. The van der Waals surface area contributed by atoms with Gasteiger partial charge in [-0.25, -0.2) is 4.98 Å². The topological polar surface area (TPSA) is 77.9 Å². The molecule has 2 aromatic carbocycles. The highest BCUT2D eigenvalue weighted by molar-refractivity contribution is 7.22. The van der Waals surface area contributed by atoms with Gasteiger partial charge in [0.05, 0.1) is 22.3 Å². The molecule has 25 heavy (non-hydrogen) atoms. The minimum absolute atomic E-state index is 0.187. The van der Waals surface area contributed by atoms with Crippen LogP contribution in [0.4, 0.5) is 5.13 Å². The largest absolute Gasteiger partial charge is 0.336 e. The van der Waals surface area contributed by atoms with E-state index >= 15 is 0 Å². The van der Waals surface area contributed by atoms with Crippen LogP contribution in [0.5, 0.6) is 0 Å². The summed E-state index contributed by atoms with van der Waals surface area (Å²) in [4.78, 5) is 16.5. The van der Waals surface area contributed by atoms with Gasteiger partial charge in [-0.15, -0.1) is 0 Å². The highest BCUT2D eigenvalue weighted by Gasteiger charge is 2.06. The maximum absolute atomic E-state index is 12.1. The van der Waals surface area contributed by atoms with Crippen molar-refractivity contribution in [1.29, 1.82) is 5.41 Å². The van der Waals surface area contributed by atoms with Gasteiger partial charge in [0.1, 0.15) is 0 Å². The van der Waals surface area contributed by atoms with E-state index in [1.54, 1.807) is 24.4 Å². The van der Waals surface area contributed by atoms with Gasteiger partial charge in [-0.1, -0.05) is 47.2 Å². The molecule has 7 heteroatoms. The summed E-state index contributed by atoms with van der Waals surface area (Å²) in [5, 5.41) is 14.5. The van der Waals surface area contributed by atoms with Crippen LogP contribution in [0, 0.1) is 5.41 Å². The number of fused-ring (bicyclic) bond motifs is 1. The molecule has 0 bridgehead atoms. The predicted octanol–water partition coefficient (Wildman–Crippen LogP) is 4.21. The first-order valence-electron chi connectivity index (χ1n) is 7.51. The maximum atomic E-state index is 12.1. The SMILES string of the molecule is N=C/C(=C\Nc1nc2ccccc2s1)NC(=O)Cc1cccc(Cl)c1. The number of thiazole rings is 1. The van der Waals surface area contributed by atoms with Gasteiger partial charge in [0.25, 0.3) is 0 Å². The lowest BCUT2D eigenvalue weighted by atomic mass is 10.1. The second-order valence-electron chi connectivity index (χ2n) is 5.23. The molecule has 0 unspecified atom stereocenters. The van der Waals surface area contributed by atoms with E-state index in [4.69, 9.17) is 17.0 Å². The Morgan fingerprint density at radius 1 is 1.24 bits per heavy atom. The van der Waals surface area contributed by atoms with Gasteiger partial charge in [-0.2, -0.15) is 0 Å². The number of nitrogens with one attached hydrogen (secondary N) is 3. The minimum atomic E-state index is -0.219. The van der Waals surface area contributed by atoms with Crippen molar-refractivity contribution in [3.63, 3.8) is 0 Å². The number of aromatic nitrogens is 1. The first kappa shape index (κ1) is 17.1. The fourth-order valence-electron chi connectivity index (χ4n) is 2.22. The molecule has 0 aliphatic heterocycles. The number of benzene rings is 2. The Balaban J connectivity index is 1.63. The van der Waals surface area contributed by atoms with E-state index in [0.717, 1.165) is 22.0 Å². The second-order valence-corrected chi connectivity index (χ2v) is 6.70. The van der Waals surface area contributed by atoms with Crippen LogP contribution < -0.4 is 10.6 Å². The summed E-state index contributed by atoms with van der Waals surface area (Å²) in [6, 6.07) is 14.9. The zero-order valence-electron chi connectivity index (χ0n) is 13.1. The number of allylic oxidation sites excluding steroid dienone is 1. The Kier molecular flexibility index (Phi) is 5.42. The van der Waals surface area contributed by atoms with Gasteiger partial charge in [-0.3, -0.25) is 4.79 Å². The molecule has 0 saturated carbocycles. The number of rotatable bonds is 6. The first-order valence-corrected chi connectivity index (χ1v) is 8.70. The number of nitrogens with zero attached hydrogens (tertiary/aromatic N) is 1. The molecule has 0 aliphatic carbocycles. The van der Waals surface area contributed by atoms with Crippen molar-refractivity contribution in [2.45, 2.75) is 6.42 Å². The van der Waals surface area contributed by atoms with Crippen molar-refractivity contribution in [3.8, 4) is 0 Å². The van der Waals surface area contributed by atoms with Crippen molar-refractivity contribution in [1.82, 2.24) is 10.3 Å². The van der Waals surface area contributed by atoms with Crippen LogP contribution in [-0.2, 0) is 11.2 Å². The molecule has 0 radical (unpaired) electrons. The molecule has 0 atom stereocenters. The van der Waals surface area contributed by atoms with Crippen LogP contribution in [0.1, 0.15) is 5.56 Å². The fourth-order valence-corrected chi connectivity index (χ4v) is 3.27. The van der Waals surface area contributed by atoms with E-state index in [1.807, 2.05) is 30.3 Å². The maximum Gasteiger partial charge on any atom is 0.228 e. The van der Waals surface area contributed by atoms with Gasteiger partial charge in [-0.05, 0) is 29.8 Å². The van der Waals surface area contributed by atoms with Crippen molar-refractivity contribution < 1.29 is 4.79 Å². The summed E-state index contributed by atoms with van der Waals surface area (Å²) >= 11 is 7.42. The molecule has 1 heterocycles. The van der Waals surface area contributed by atoms with Gasteiger partial charge < -0.3 is 16.0 Å². The molecule has 1 aromatic heterocycles. The van der Waals surface area contributed by atoms with Crippen molar-refractivity contribution in [2.75, 3.05) is 5.32 Å². The Labute approximate surface area is 153 Å². The minimum Gasteiger partial charge on any atom is -0.336 e. The normalized spacial score (nSPS) is 11.3. The van der Waals surface area contributed by atoms with Gasteiger partial charge in [0.2, 0.25) is 5.91 Å². The molecule has 3 aromatic rings. The number of hydrogen-bond donors (Lipinski definition) is 3. The average Bonchev–Trinajstić information content (AvgIpc) is 3.01. The summed E-state index contributed by atoms with van der Waals surface area (Å²) in [7, 11) is 0. The Hall–Kier alpha value is -2.70. The zero-order chi connectivity index (χ0) is 17.6. The summed E-state index contributed by atoms with van der Waals surface area (Å²) in [6.07, 6.45) is 2.82. The molecule has 126 valence electrons. The fraction of sp³-hybridized carbons (Fsp3) is 0.0556. The molecule has 0 saturated heterocycles. The predicted molar refractivity (Wildman–Crippen MR) is 103 cm³/mol. The third-order valence-corrected chi connectivity index (χ3v) is 4.54. The van der Waals surface area contributed by atoms with Gasteiger partial charge >= 0.3 is 0 Å². The zero-order valence-corrected chi connectivity index (χ0v) is 14.7. The lowest BCUT2D eigenvalue weighted by Gasteiger charge is -2.06. The van der Waals surface area contributed by atoms with Crippen LogP contribution in [0.25, 0.3) is 10.2 Å². The van der Waals surface area contributed by atoms with Crippen LogP contribution in [-0.4, -0.2) is 17.1 Å². The molecule has 0 spiro atoms. The van der Waals surface area contributed by atoms with E-state index in [0.29, 0.717) is 15.9 Å². The number of halogens is 1. The average molecular weight is 371 g/mol. The van der Waals surface area contributed by atoms with Crippen molar-refractivity contribution in [3.05, 3.63) is 71.0 Å². The molecular formula is C18H15ClN4OS. The molecule has 3 rings (SSSR count). The van der Waals surface area contributed by atoms with E-state index in [2.05, 4.69) is 15.6 Å². The Morgan fingerprint density at radius 3 is 2.84 bits per heavy atom. The van der Waals surface area contributed by atoms with Crippen molar-refractivity contribution >= 4 is 50.4 Å². The number of carbonyl (C=O) groups excluding carboxylic acids is 1. The van der Waals surface area contributed by atoms with Crippen molar-refractivity contribution in [2.24, 2.45) is 0 Å². The number of carbonyl (C=O) groups is 1. The number of amides is 1. The van der Waals surface area contributed by atoms with Crippen LogP contribution >= 0.6 is 22.9 Å². The molecule has 1 amide bonds. The van der Waals surface area contributed by atoms with Crippen LogP contribution in [0.3, 0.4) is 0 Å². The molecule has 0 aliphatic rings. The first-order chi connectivity index (χ1) is 12.1. The molecule has 3 N–H and O–H groups in total. The van der Waals surface area contributed by atoms with E-state index < -0.39 is 0 Å². The number of anilines is 1. The summed E-state index contributed by atoms with van der Waals surface area (Å²) < 4.78 is 1.07. The van der Waals surface area contributed by atoms with Crippen LogP contribution in [0.15, 0.2) is 60.4 Å². The lowest BCUT2D eigenvalue weighted by Crippen LogP contribution is -2.25. The monoisotopic (exact) mass is 370 g/mol. The third-order valence-electron chi connectivity index (χ3n) is 3.34. The third kappa shape index (κ3) is 4.65. The Bertz CT molecular complexity index is 918. The highest BCUT2D eigenvalue weighted by Crippen LogP contribution is 2.25. The van der Waals surface area contributed by atoms with E-state index in [9.17, 15) is 4.79 Å². The molecule has 0 fully saturated rings. The van der Waals surface area contributed by atoms with Gasteiger partial charge in [0.15, 0.2) is 5.13 Å². The van der Waals surface area contributed by atoms with Gasteiger partial charge in [0, 0.05) is 17.4 Å². The smallest absolute Gasteiger partial charge is 0.228 e. The highest BCUT2D eigenvalue weighted by atomic mass is 35.5. The number of para-hydroxylation sites is 1. The quantitative estimate of drug-likeness (QED) is 0.569. The molecular weight excluding hydrogens is 356 g/mol. The summed E-state index contributed by atoms with van der Waals surface area (Å²) in [6.45, 7) is 0. The van der Waals surface area contributed by atoms with E-state index in [1.165, 1.54) is 11.3 Å². The standard InChI is InChI=1S/C18H15ClN4OS/c19-13-5-3-4-12(8-13)9-17(24)22-14(10-20)11-21-18-23-15-6-1-2-7-16(15)25-18/h1-8,10-11,20H,9H2,(H,21,23)(H,22,24)/b14-11+,20-10?. The lowest BCUT2D eigenvalue weighted by molar-refractivity contribution is -0.119. The van der Waals surface area contributed by atoms with Crippen LogP contribution in [0.2, 0.25) is 5.02 Å². The van der Waals surface area contributed by atoms with E-state index in [-0.39, 0.29) is 12.3 Å². The summed E-state index contributed by atoms with van der Waals surface area (Å²) in [5.41, 5.74) is 2.07. The number of hydrogen-bond acceptors (Lipinski definition) is 5. The summed E-state index contributed by atoms with van der Waals surface area (Å²) in [5.74, 6) is -0.219. The Morgan fingerprint density at radius 2 is 2.08 bits per heavy atom.